The number of hydrogen-bond donors (Lipinski definition) is 3. The number of primary amides is 1. The number of hydrazone groups is 1. The van der Waals surface area contributed by atoms with Crippen LogP contribution >= 0.6 is 11.3 Å². The van der Waals surface area contributed by atoms with E-state index in [9.17, 15) is 19.2 Å². The Labute approximate surface area is 212 Å². The number of rotatable bonds is 9. The number of nitrogens with two attached hydrogens (primary N) is 1. The lowest BCUT2D eigenvalue weighted by molar-refractivity contribution is -0.136. The van der Waals surface area contributed by atoms with Gasteiger partial charge in [0.2, 0.25) is 0 Å². The fourth-order valence-electron chi connectivity index (χ4n) is 3.64. The highest BCUT2D eigenvalue weighted by Crippen LogP contribution is 2.38. The molecule has 0 radical (unpaired) electrons. The van der Waals surface area contributed by atoms with Crippen LogP contribution in [0.4, 0.5) is 5.00 Å². The van der Waals surface area contributed by atoms with Crippen molar-refractivity contribution in [3.8, 4) is 11.5 Å². The number of thiophene rings is 1. The van der Waals surface area contributed by atoms with E-state index in [1.54, 1.807) is 32.0 Å². The van der Waals surface area contributed by atoms with Gasteiger partial charge in [-0.1, -0.05) is 0 Å². The first-order chi connectivity index (χ1) is 17.2. The maximum Gasteiger partial charge on any atom is 0.341 e. The lowest BCUT2D eigenvalue weighted by Crippen LogP contribution is -2.33. The first-order valence-corrected chi connectivity index (χ1v) is 12.1. The molecular weight excluding hydrogens is 488 g/mol. The lowest BCUT2D eigenvalue weighted by Gasteiger charge is -2.12. The Morgan fingerprint density at radius 2 is 1.86 bits per heavy atom. The van der Waals surface area contributed by atoms with Gasteiger partial charge in [0, 0.05) is 10.4 Å². The standard InChI is InChI=1S/C24H28N4O7S/c1-4-34-24(32)20-15-7-5-6-8-18(15)36-23(20)26-21(30)22(31)28-27-13(2)14-9-10-16(17(11-14)33-3)35-12-19(25)29/h9-11H,4-8,12H2,1-3H3,(H2,25,29)(H,26,30)(H,28,31)/b27-13+. The largest absolute Gasteiger partial charge is 0.493 e. The van der Waals surface area contributed by atoms with Crippen LogP contribution in [-0.2, 0) is 32.0 Å². The third-order valence-corrected chi connectivity index (χ3v) is 6.57. The second-order valence-electron chi connectivity index (χ2n) is 7.85. The molecule has 1 aliphatic carbocycles. The summed E-state index contributed by atoms with van der Waals surface area (Å²) < 4.78 is 15.7. The summed E-state index contributed by atoms with van der Waals surface area (Å²) in [5.74, 6) is -2.45. The number of esters is 1. The van der Waals surface area contributed by atoms with Crippen molar-refractivity contribution >= 4 is 45.7 Å². The molecule has 1 heterocycles. The van der Waals surface area contributed by atoms with E-state index in [-0.39, 0.29) is 13.2 Å². The number of amides is 3. The van der Waals surface area contributed by atoms with E-state index in [0.717, 1.165) is 36.1 Å². The van der Waals surface area contributed by atoms with E-state index in [0.29, 0.717) is 33.3 Å². The highest BCUT2D eigenvalue weighted by molar-refractivity contribution is 7.17. The molecule has 0 unspecified atom stereocenters. The summed E-state index contributed by atoms with van der Waals surface area (Å²) in [5, 5.41) is 6.83. The van der Waals surface area contributed by atoms with Crippen molar-refractivity contribution in [3.63, 3.8) is 0 Å². The lowest BCUT2D eigenvalue weighted by atomic mass is 9.95. The molecule has 1 aromatic heterocycles. The number of nitrogens with zero attached hydrogens (tertiary/aromatic N) is 1. The topological polar surface area (TPSA) is 158 Å². The van der Waals surface area contributed by atoms with Crippen LogP contribution in [0.3, 0.4) is 0 Å². The zero-order chi connectivity index (χ0) is 26.2. The molecule has 1 aromatic carbocycles. The molecule has 4 N–H and O–H groups in total. The van der Waals surface area contributed by atoms with Gasteiger partial charge in [-0.25, -0.2) is 10.2 Å². The number of hydrogen-bond acceptors (Lipinski definition) is 9. The minimum Gasteiger partial charge on any atom is -0.493 e. The summed E-state index contributed by atoms with van der Waals surface area (Å²) >= 11 is 1.29. The Morgan fingerprint density at radius 3 is 2.56 bits per heavy atom. The van der Waals surface area contributed by atoms with Gasteiger partial charge in [-0.15, -0.1) is 11.3 Å². The van der Waals surface area contributed by atoms with E-state index < -0.39 is 23.7 Å². The molecule has 0 saturated heterocycles. The SMILES string of the molecule is CCOC(=O)c1c(NC(=O)C(=O)N/N=C(\C)c2ccc(OCC(N)=O)c(OC)c2)sc2c1CCCC2. The molecule has 0 fully saturated rings. The molecule has 12 heteroatoms. The van der Waals surface area contributed by atoms with E-state index in [4.69, 9.17) is 19.9 Å². The van der Waals surface area contributed by atoms with E-state index in [1.165, 1.54) is 18.4 Å². The van der Waals surface area contributed by atoms with Crippen molar-refractivity contribution in [2.24, 2.45) is 10.8 Å². The summed E-state index contributed by atoms with van der Waals surface area (Å²) in [4.78, 5) is 49.5. The quantitative estimate of drug-likeness (QED) is 0.199. The van der Waals surface area contributed by atoms with Crippen molar-refractivity contribution < 1.29 is 33.4 Å². The molecule has 3 amide bonds. The molecule has 1 aliphatic rings. The van der Waals surface area contributed by atoms with Crippen LogP contribution in [0.5, 0.6) is 11.5 Å². The second kappa shape index (κ2) is 12.2. The normalized spacial score (nSPS) is 12.8. The minimum absolute atomic E-state index is 0.203. The van der Waals surface area contributed by atoms with Gasteiger partial charge in [0.25, 0.3) is 5.91 Å². The number of anilines is 1. The Kier molecular flexibility index (Phi) is 9.01. The van der Waals surface area contributed by atoms with E-state index in [1.807, 2.05) is 0 Å². The predicted molar refractivity (Wildman–Crippen MR) is 134 cm³/mol. The van der Waals surface area contributed by atoms with Gasteiger partial charge in [0.1, 0.15) is 5.00 Å². The third-order valence-electron chi connectivity index (χ3n) is 5.36. The van der Waals surface area contributed by atoms with Crippen molar-refractivity contribution in [1.82, 2.24) is 5.43 Å². The zero-order valence-electron chi connectivity index (χ0n) is 20.3. The number of ether oxygens (including phenoxy) is 3. The van der Waals surface area contributed by atoms with Gasteiger partial charge in [-0.05, 0) is 63.3 Å². The summed E-state index contributed by atoms with van der Waals surface area (Å²) in [7, 11) is 1.43. The molecule has 2 aromatic rings. The van der Waals surface area contributed by atoms with Gasteiger partial charge >= 0.3 is 17.8 Å². The number of aryl methyl sites for hydroxylation is 1. The Hall–Kier alpha value is -3.93. The Bertz CT molecular complexity index is 1210. The molecule has 0 saturated carbocycles. The maximum atomic E-state index is 12.6. The Balaban J connectivity index is 1.70. The number of carbonyl (C=O) groups is 4. The molecule has 3 rings (SSSR count). The zero-order valence-corrected chi connectivity index (χ0v) is 21.1. The van der Waals surface area contributed by atoms with Crippen molar-refractivity contribution in [1.29, 1.82) is 0 Å². The second-order valence-corrected chi connectivity index (χ2v) is 8.95. The summed E-state index contributed by atoms with van der Waals surface area (Å²) in [6.07, 6.45) is 3.48. The highest BCUT2D eigenvalue weighted by Gasteiger charge is 2.28. The molecule has 0 atom stereocenters. The van der Waals surface area contributed by atoms with Crippen molar-refractivity contribution in [2.75, 3.05) is 25.6 Å². The Morgan fingerprint density at radius 1 is 1.11 bits per heavy atom. The van der Waals surface area contributed by atoms with Gasteiger partial charge < -0.3 is 25.3 Å². The monoisotopic (exact) mass is 516 g/mol. The fraction of sp³-hybridized carbons (Fsp3) is 0.375. The van der Waals surface area contributed by atoms with Crippen LogP contribution in [-0.4, -0.2) is 49.7 Å². The fourth-order valence-corrected chi connectivity index (χ4v) is 4.92. The number of nitrogens with one attached hydrogen (secondary N) is 2. The highest BCUT2D eigenvalue weighted by atomic mass is 32.1. The number of fused-ring (bicyclic) bond motifs is 1. The number of benzene rings is 1. The van der Waals surface area contributed by atoms with Crippen LogP contribution in [0.15, 0.2) is 23.3 Å². The molecular formula is C24H28N4O7S. The van der Waals surface area contributed by atoms with Gasteiger partial charge in [-0.2, -0.15) is 5.10 Å². The summed E-state index contributed by atoms with van der Waals surface area (Å²) in [6, 6.07) is 4.81. The number of methoxy groups -OCH3 is 1. The van der Waals surface area contributed by atoms with Crippen LogP contribution in [0.25, 0.3) is 0 Å². The average Bonchev–Trinajstić information content (AvgIpc) is 3.23. The van der Waals surface area contributed by atoms with Gasteiger partial charge in [0.05, 0.1) is 25.0 Å². The molecule has 192 valence electrons. The predicted octanol–water partition coefficient (Wildman–Crippen LogP) is 2.16. The molecule has 36 heavy (non-hydrogen) atoms. The molecule has 0 aliphatic heterocycles. The van der Waals surface area contributed by atoms with Crippen LogP contribution < -0.4 is 25.9 Å². The minimum atomic E-state index is -0.996. The molecule has 11 nitrogen and oxygen atoms in total. The van der Waals surface area contributed by atoms with E-state index in [2.05, 4.69) is 15.8 Å². The first kappa shape index (κ1) is 26.7. The summed E-state index contributed by atoms with van der Waals surface area (Å²) in [6.45, 7) is 3.23. The van der Waals surface area contributed by atoms with Crippen LogP contribution in [0.1, 0.15) is 53.1 Å². The van der Waals surface area contributed by atoms with Crippen molar-refractivity contribution in [2.45, 2.75) is 39.5 Å². The smallest absolute Gasteiger partial charge is 0.341 e. The summed E-state index contributed by atoms with van der Waals surface area (Å²) in [5.41, 5.74) is 9.48. The maximum absolute atomic E-state index is 12.6. The molecule has 0 spiro atoms. The molecule has 0 bridgehead atoms. The van der Waals surface area contributed by atoms with E-state index >= 15 is 0 Å². The van der Waals surface area contributed by atoms with Gasteiger partial charge in [0.15, 0.2) is 18.1 Å². The first-order valence-electron chi connectivity index (χ1n) is 11.3. The third kappa shape index (κ3) is 6.39. The van der Waals surface area contributed by atoms with Crippen LogP contribution in [0.2, 0.25) is 0 Å². The van der Waals surface area contributed by atoms with Gasteiger partial charge in [-0.3, -0.25) is 14.4 Å². The van der Waals surface area contributed by atoms with Crippen molar-refractivity contribution in [3.05, 3.63) is 39.8 Å². The van der Waals surface area contributed by atoms with Crippen LogP contribution in [0, 0.1) is 0 Å². The average molecular weight is 517 g/mol. The number of carbonyl (C=O) groups excluding carboxylic acids is 4.